The lowest BCUT2D eigenvalue weighted by Crippen LogP contribution is -2.49. The molecule has 3 rings (SSSR count). The van der Waals surface area contributed by atoms with Crippen molar-refractivity contribution in [1.82, 2.24) is 14.8 Å². The molecule has 2 aromatic rings. The zero-order valence-corrected chi connectivity index (χ0v) is 14.2. The number of aromatic amines is 1. The quantitative estimate of drug-likeness (QED) is 0.878. The third-order valence-corrected chi connectivity index (χ3v) is 4.50. The number of nitrogens with zero attached hydrogens (tertiary/aromatic N) is 2. The van der Waals surface area contributed by atoms with Crippen LogP contribution >= 0.6 is 0 Å². The van der Waals surface area contributed by atoms with Crippen molar-refractivity contribution in [1.29, 1.82) is 0 Å². The van der Waals surface area contributed by atoms with Gasteiger partial charge in [-0.05, 0) is 32.0 Å². The minimum absolute atomic E-state index is 0.0682. The van der Waals surface area contributed by atoms with E-state index in [1.165, 1.54) is 0 Å². The molecule has 2 heterocycles. The summed E-state index contributed by atoms with van der Waals surface area (Å²) in [5, 5.41) is 0. The van der Waals surface area contributed by atoms with Crippen LogP contribution in [0.15, 0.2) is 36.4 Å². The fraction of sp³-hybridized carbons (Fsp3) is 0.368. The number of benzene rings is 1. The monoisotopic (exact) mass is 325 g/mol. The molecule has 1 fully saturated rings. The first-order valence-corrected chi connectivity index (χ1v) is 8.30. The maximum atomic E-state index is 12.4. The number of Topliss-reactive ketones (excluding diaryl/α,β-unsaturated/α-hetero) is 1. The maximum Gasteiger partial charge on any atom is 0.253 e. The van der Waals surface area contributed by atoms with Gasteiger partial charge in [-0.25, -0.2) is 0 Å². The Kier molecular flexibility index (Phi) is 4.81. The molecule has 126 valence electrons. The van der Waals surface area contributed by atoms with Gasteiger partial charge in [-0.15, -0.1) is 0 Å². The van der Waals surface area contributed by atoms with E-state index in [0.29, 0.717) is 19.6 Å². The largest absolute Gasteiger partial charge is 0.362 e. The molecule has 0 aliphatic carbocycles. The normalized spacial score (nSPS) is 15.5. The minimum Gasteiger partial charge on any atom is -0.362 e. The highest BCUT2D eigenvalue weighted by Gasteiger charge is 2.24. The maximum absolute atomic E-state index is 12.4. The Balaban J connectivity index is 1.55. The second-order valence-corrected chi connectivity index (χ2v) is 6.35. The van der Waals surface area contributed by atoms with Gasteiger partial charge >= 0.3 is 0 Å². The summed E-state index contributed by atoms with van der Waals surface area (Å²) in [6, 6.07) is 11.3. The van der Waals surface area contributed by atoms with Crippen molar-refractivity contribution in [2.24, 2.45) is 0 Å². The van der Waals surface area contributed by atoms with Crippen LogP contribution in [0.2, 0.25) is 0 Å². The van der Waals surface area contributed by atoms with Crippen LogP contribution < -0.4 is 0 Å². The molecule has 5 heteroatoms. The summed E-state index contributed by atoms with van der Waals surface area (Å²) in [6.45, 7) is 7.07. The van der Waals surface area contributed by atoms with Crippen LogP contribution in [0.1, 0.15) is 32.1 Å². The fourth-order valence-corrected chi connectivity index (χ4v) is 3.17. The number of aryl methyl sites for hydroxylation is 2. The smallest absolute Gasteiger partial charge is 0.253 e. The lowest BCUT2D eigenvalue weighted by atomic mass is 10.1. The van der Waals surface area contributed by atoms with Gasteiger partial charge in [0.05, 0.1) is 6.54 Å². The Bertz CT molecular complexity index is 728. The molecule has 0 atom stereocenters. The summed E-state index contributed by atoms with van der Waals surface area (Å²) < 4.78 is 0. The van der Waals surface area contributed by atoms with Gasteiger partial charge < -0.3 is 9.88 Å². The van der Waals surface area contributed by atoms with Gasteiger partial charge in [0, 0.05) is 48.7 Å². The lowest BCUT2D eigenvalue weighted by Gasteiger charge is -2.34. The number of ketones is 1. The number of amides is 1. The molecular weight excluding hydrogens is 302 g/mol. The average molecular weight is 325 g/mol. The number of hydrogen-bond acceptors (Lipinski definition) is 3. The van der Waals surface area contributed by atoms with Crippen molar-refractivity contribution in [3.63, 3.8) is 0 Å². The SMILES string of the molecule is Cc1cc(C(=O)CN2CCN(C(=O)c3ccccc3)CC2)c(C)[nH]1. The standard InChI is InChI=1S/C19H23N3O2/c1-14-12-17(15(2)20-14)18(23)13-21-8-10-22(11-9-21)19(24)16-6-4-3-5-7-16/h3-7,12,20H,8-11,13H2,1-2H3. The van der Waals surface area contributed by atoms with Crippen LogP contribution in [-0.2, 0) is 0 Å². The first-order valence-electron chi connectivity index (χ1n) is 8.30. The number of rotatable bonds is 4. The highest BCUT2D eigenvalue weighted by Crippen LogP contribution is 2.13. The van der Waals surface area contributed by atoms with Crippen molar-refractivity contribution >= 4 is 11.7 Å². The van der Waals surface area contributed by atoms with Gasteiger partial charge in [0.1, 0.15) is 0 Å². The molecule has 24 heavy (non-hydrogen) atoms. The van der Waals surface area contributed by atoms with Crippen LogP contribution in [0, 0.1) is 13.8 Å². The number of H-pyrrole nitrogens is 1. The van der Waals surface area contributed by atoms with Crippen molar-refractivity contribution in [3.05, 3.63) is 58.9 Å². The molecule has 5 nitrogen and oxygen atoms in total. The topological polar surface area (TPSA) is 56.4 Å². The Morgan fingerprint density at radius 2 is 1.71 bits per heavy atom. The molecule has 1 saturated heterocycles. The van der Waals surface area contributed by atoms with Gasteiger partial charge in [0.2, 0.25) is 0 Å². The molecule has 1 aromatic heterocycles. The third-order valence-electron chi connectivity index (χ3n) is 4.50. The Morgan fingerprint density at radius 1 is 1.04 bits per heavy atom. The van der Waals surface area contributed by atoms with Crippen LogP contribution in [-0.4, -0.2) is 59.2 Å². The van der Waals surface area contributed by atoms with Crippen molar-refractivity contribution in [2.45, 2.75) is 13.8 Å². The molecule has 0 bridgehead atoms. The van der Waals surface area contributed by atoms with Crippen molar-refractivity contribution in [2.75, 3.05) is 32.7 Å². The van der Waals surface area contributed by atoms with E-state index in [1.807, 2.05) is 55.1 Å². The molecule has 1 aliphatic heterocycles. The Hall–Kier alpha value is -2.40. The van der Waals surface area contributed by atoms with Gasteiger partial charge in [-0.3, -0.25) is 14.5 Å². The van der Waals surface area contributed by atoms with Crippen LogP contribution in [0.3, 0.4) is 0 Å². The molecule has 1 N–H and O–H groups in total. The van der Waals surface area contributed by atoms with E-state index in [1.54, 1.807) is 0 Å². The summed E-state index contributed by atoms with van der Waals surface area (Å²) in [5.74, 6) is 0.207. The van der Waals surface area contributed by atoms with Crippen LogP contribution in [0.4, 0.5) is 0 Å². The Morgan fingerprint density at radius 3 is 2.29 bits per heavy atom. The van der Waals surface area contributed by atoms with Crippen molar-refractivity contribution < 1.29 is 9.59 Å². The van der Waals surface area contributed by atoms with Gasteiger partial charge in [-0.1, -0.05) is 18.2 Å². The third kappa shape index (κ3) is 3.57. The number of piperazine rings is 1. The zero-order valence-electron chi connectivity index (χ0n) is 14.2. The van der Waals surface area contributed by atoms with E-state index < -0.39 is 0 Å². The summed E-state index contributed by atoms with van der Waals surface area (Å²) in [6.07, 6.45) is 0. The van der Waals surface area contributed by atoms with E-state index in [0.717, 1.165) is 35.6 Å². The summed E-state index contributed by atoms with van der Waals surface area (Å²) in [5.41, 5.74) is 3.43. The van der Waals surface area contributed by atoms with E-state index in [2.05, 4.69) is 9.88 Å². The molecule has 1 aliphatic rings. The fourth-order valence-electron chi connectivity index (χ4n) is 3.17. The lowest BCUT2D eigenvalue weighted by molar-refractivity contribution is 0.0624. The minimum atomic E-state index is 0.0682. The number of carbonyl (C=O) groups is 2. The molecular formula is C19H23N3O2. The highest BCUT2D eigenvalue weighted by atomic mass is 16.2. The number of carbonyl (C=O) groups excluding carboxylic acids is 2. The number of hydrogen-bond donors (Lipinski definition) is 1. The summed E-state index contributed by atoms with van der Waals surface area (Å²) in [4.78, 5) is 32.0. The second-order valence-electron chi connectivity index (χ2n) is 6.35. The molecule has 0 unspecified atom stereocenters. The average Bonchev–Trinajstić information content (AvgIpc) is 2.94. The molecule has 1 amide bonds. The van der Waals surface area contributed by atoms with E-state index in [9.17, 15) is 9.59 Å². The Labute approximate surface area is 142 Å². The van der Waals surface area contributed by atoms with E-state index in [-0.39, 0.29) is 11.7 Å². The molecule has 0 spiro atoms. The highest BCUT2D eigenvalue weighted by molar-refractivity contribution is 5.99. The van der Waals surface area contributed by atoms with Gasteiger partial charge in [0.15, 0.2) is 5.78 Å². The summed E-state index contributed by atoms with van der Waals surface area (Å²) >= 11 is 0. The van der Waals surface area contributed by atoms with E-state index >= 15 is 0 Å². The molecule has 0 radical (unpaired) electrons. The van der Waals surface area contributed by atoms with Gasteiger partial charge in [-0.2, -0.15) is 0 Å². The molecule has 1 aromatic carbocycles. The molecule has 0 saturated carbocycles. The summed E-state index contributed by atoms with van der Waals surface area (Å²) in [7, 11) is 0. The first kappa shape index (κ1) is 16.5. The van der Waals surface area contributed by atoms with Crippen LogP contribution in [0.25, 0.3) is 0 Å². The first-order chi connectivity index (χ1) is 11.5. The zero-order chi connectivity index (χ0) is 17.1. The van der Waals surface area contributed by atoms with Crippen molar-refractivity contribution in [3.8, 4) is 0 Å². The van der Waals surface area contributed by atoms with Gasteiger partial charge in [0.25, 0.3) is 5.91 Å². The second kappa shape index (κ2) is 7.01. The van der Waals surface area contributed by atoms with E-state index in [4.69, 9.17) is 0 Å². The number of nitrogens with one attached hydrogen (secondary N) is 1. The predicted octanol–water partition coefficient (Wildman–Crippen LogP) is 2.27. The predicted molar refractivity (Wildman–Crippen MR) is 93.4 cm³/mol. The number of aromatic nitrogens is 1. The van der Waals surface area contributed by atoms with Crippen LogP contribution in [0.5, 0.6) is 0 Å².